The van der Waals surface area contributed by atoms with Gasteiger partial charge in [0.05, 0.1) is 26.0 Å². The van der Waals surface area contributed by atoms with Crippen LogP contribution in [0.1, 0.15) is 12.6 Å². The van der Waals surface area contributed by atoms with Crippen LogP contribution < -0.4 is 9.64 Å². The highest BCUT2D eigenvalue weighted by atomic mass is 16.5. The standard InChI is InChI=1S/C13H19N5O4/c1-17(2)12-14-5-7-11(16-12)18(13(15-7)21-3)10-4-8(20)9(6-19)22-10/h5,8-10,19-20H,4,6H2,1-3H3/t8-,9+,10-/m1/s1. The Morgan fingerprint density at radius 3 is 2.82 bits per heavy atom. The number of aliphatic hydroxyl groups excluding tert-OH is 2. The maximum absolute atomic E-state index is 9.94. The molecule has 0 amide bonds. The first-order chi connectivity index (χ1) is 10.5. The van der Waals surface area contributed by atoms with E-state index in [1.807, 2.05) is 14.1 Å². The molecule has 2 aromatic heterocycles. The minimum Gasteiger partial charge on any atom is -0.468 e. The van der Waals surface area contributed by atoms with Crippen molar-refractivity contribution in [3.05, 3.63) is 6.20 Å². The SMILES string of the molecule is COc1nc2cnc(N(C)C)nc2n1[C@H]1C[C@@H](O)[C@H](CO)O1. The summed E-state index contributed by atoms with van der Waals surface area (Å²) in [6.45, 7) is -0.245. The van der Waals surface area contributed by atoms with E-state index in [1.165, 1.54) is 7.11 Å². The van der Waals surface area contributed by atoms with Gasteiger partial charge < -0.3 is 24.6 Å². The van der Waals surface area contributed by atoms with Crippen molar-refractivity contribution in [1.82, 2.24) is 19.5 Å². The van der Waals surface area contributed by atoms with Gasteiger partial charge in [-0.3, -0.25) is 4.57 Å². The van der Waals surface area contributed by atoms with E-state index in [0.29, 0.717) is 29.5 Å². The van der Waals surface area contributed by atoms with E-state index < -0.39 is 18.4 Å². The summed E-state index contributed by atoms with van der Waals surface area (Å²) in [6, 6.07) is 0.330. The van der Waals surface area contributed by atoms with Crippen molar-refractivity contribution in [3.63, 3.8) is 0 Å². The number of hydrogen-bond acceptors (Lipinski definition) is 8. The number of ether oxygens (including phenoxy) is 2. The van der Waals surface area contributed by atoms with Gasteiger partial charge in [-0.2, -0.15) is 9.97 Å². The Bertz CT molecular complexity index is 674. The molecule has 0 saturated carbocycles. The minimum absolute atomic E-state index is 0.245. The Balaban J connectivity index is 2.08. The van der Waals surface area contributed by atoms with Gasteiger partial charge in [-0.25, -0.2) is 4.98 Å². The Morgan fingerprint density at radius 1 is 1.45 bits per heavy atom. The van der Waals surface area contributed by atoms with E-state index in [4.69, 9.17) is 9.47 Å². The first-order valence-electron chi connectivity index (χ1n) is 6.95. The summed E-state index contributed by atoms with van der Waals surface area (Å²) in [6.07, 6.45) is 0.0755. The molecular formula is C13H19N5O4. The largest absolute Gasteiger partial charge is 0.468 e. The average molecular weight is 309 g/mol. The monoisotopic (exact) mass is 309 g/mol. The molecule has 22 heavy (non-hydrogen) atoms. The molecule has 1 aliphatic rings. The van der Waals surface area contributed by atoms with Crippen LogP contribution in [0, 0.1) is 0 Å². The van der Waals surface area contributed by atoms with E-state index in [0.717, 1.165) is 0 Å². The van der Waals surface area contributed by atoms with Crippen molar-refractivity contribution in [2.75, 3.05) is 32.7 Å². The third-order valence-corrected chi connectivity index (χ3v) is 3.64. The summed E-state index contributed by atoms with van der Waals surface area (Å²) in [5.74, 6) is 0.536. The van der Waals surface area contributed by atoms with Crippen LogP contribution >= 0.6 is 0 Å². The van der Waals surface area contributed by atoms with E-state index in [9.17, 15) is 10.2 Å². The fourth-order valence-corrected chi connectivity index (χ4v) is 2.52. The maximum Gasteiger partial charge on any atom is 0.300 e. The lowest BCUT2D eigenvalue weighted by Gasteiger charge is -2.16. The van der Waals surface area contributed by atoms with Gasteiger partial charge in [0.15, 0.2) is 5.65 Å². The molecule has 9 heteroatoms. The summed E-state index contributed by atoms with van der Waals surface area (Å²) < 4.78 is 12.7. The van der Waals surface area contributed by atoms with E-state index in [-0.39, 0.29) is 6.61 Å². The normalized spacial score (nSPS) is 24.9. The number of nitrogens with zero attached hydrogens (tertiary/aromatic N) is 5. The van der Waals surface area contributed by atoms with E-state index >= 15 is 0 Å². The van der Waals surface area contributed by atoms with Crippen molar-refractivity contribution in [2.45, 2.75) is 24.9 Å². The number of methoxy groups -OCH3 is 1. The van der Waals surface area contributed by atoms with Gasteiger partial charge >= 0.3 is 6.01 Å². The second kappa shape index (κ2) is 5.67. The molecular weight excluding hydrogens is 290 g/mol. The number of anilines is 1. The Hall–Kier alpha value is -1.97. The highest BCUT2D eigenvalue weighted by Crippen LogP contribution is 2.34. The van der Waals surface area contributed by atoms with E-state index in [2.05, 4.69) is 15.0 Å². The van der Waals surface area contributed by atoms with Crippen LogP contribution in [0.5, 0.6) is 6.01 Å². The molecule has 0 aromatic carbocycles. The second-order valence-electron chi connectivity index (χ2n) is 5.36. The fourth-order valence-electron chi connectivity index (χ4n) is 2.52. The van der Waals surface area contributed by atoms with Crippen molar-refractivity contribution >= 4 is 17.1 Å². The van der Waals surface area contributed by atoms with Gasteiger partial charge in [0.2, 0.25) is 5.95 Å². The zero-order valence-electron chi connectivity index (χ0n) is 12.7. The quantitative estimate of drug-likeness (QED) is 0.781. The Labute approximate surface area is 127 Å². The van der Waals surface area contributed by atoms with Crippen molar-refractivity contribution in [3.8, 4) is 6.01 Å². The lowest BCUT2D eigenvalue weighted by Crippen LogP contribution is -2.24. The zero-order chi connectivity index (χ0) is 15.9. The molecule has 0 aliphatic carbocycles. The van der Waals surface area contributed by atoms with Gasteiger partial charge in [-0.15, -0.1) is 0 Å². The average Bonchev–Trinajstić information content (AvgIpc) is 3.05. The molecule has 0 unspecified atom stereocenters. The topological polar surface area (TPSA) is 106 Å². The summed E-state index contributed by atoms with van der Waals surface area (Å²) in [5, 5.41) is 19.2. The molecule has 1 saturated heterocycles. The van der Waals surface area contributed by atoms with Crippen LogP contribution in [0.2, 0.25) is 0 Å². The number of fused-ring (bicyclic) bond motifs is 1. The van der Waals surface area contributed by atoms with Crippen LogP contribution in [-0.2, 0) is 4.74 Å². The maximum atomic E-state index is 9.94. The molecule has 0 radical (unpaired) electrons. The van der Waals surface area contributed by atoms with Gasteiger partial charge in [-0.05, 0) is 0 Å². The summed E-state index contributed by atoms with van der Waals surface area (Å²) in [5.41, 5.74) is 1.14. The van der Waals surface area contributed by atoms with E-state index in [1.54, 1.807) is 15.7 Å². The van der Waals surface area contributed by atoms with Crippen LogP contribution in [0.25, 0.3) is 11.2 Å². The molecule has 3 rings (SSSR count). The van der Waals surface area contributed by atoms with Crippen molar-refractivity contribution in [1.29, 1.82) is 0 Å². The lowest BCUT2D eigenvalue weighted by molar-refractivity contribution is -0.0450. The van der Waals surface area contributed by atoms with Gasteiger partial charge in [-0.1, -0.05) is 0 Å². The predicted molar refractivity (Wildman–Crippen MR) is 77.8 cm³/mol. The molecule has 3 atom stereocenters. The van der Waals surface area contributed by atoms with Gasteiger partial charge in [0, 0.05) is 20.5 Å². The third-order valence-electron chi connectivity index (χ3n) is 3.64. The smallest absolute Gasteiger partial charge is 0.300 e. The molecule has 0 spiro atoms. The molecule has 120 valence electrons. The van der Waals surface area contributed by atoms with Gasteiger partial charge in [0.1, 0.15) is 17.8 Å². The molecule has 3 heterocycles. The van der Waals surface area contributed by atoms with Crippen LogP contribution in [0.15, 0.2) is 6.20 Å². The van der Waals surface area contributed by atoms with Crippen LogP contribution in [0.4, 0.5) is 5.95 Å². The first kappa shape index (κ1) is 14.9. The number of aromatic nitrogens is 4. The number of rotatable bonds is 4. The predicted octanol–water partition coefficient (Wildman–Crippen LogP) is -0.458. The molecule has 9 nitrogen and oxygen atoms in total. The Kier molecular flexibility index (Phi) is 3.85. The molecule has 1 fully saturated rings. The molecule has 1 aliphatic heterocycles. The highest BCUT2D eigenvalue weighted by molar-refractivity contribution is 5.73. The summed E-state index contributed by atoms with van der Waals surface area (Å²) in [7, 11) is 5.19. The fraction of sp³-hybridized carbons (Fsp3) is 0.615. The summed E-state index contributed by atoms with van der Waals surface area (Å²) >= 11 is 0. The second-order valence-corrected chi connectivity index (χ2v) is 5.36. The molecule has 2 N–H and O–H groups in total. The van der Waals surface area contributed by atoms with Crippen molar-refractivity contribution < 1.29 is 19.7 Å². The van der Waals surface area contributed by atoms with Crippen molar-refractivity contribution in [2.24, 2.45) is 0 Å². The lowest BCUT2D eigenvalue weighted by atomic mass is 10.2. The highest BCUT2D eigenvalue weighted by Gasteiger charge is 2.37. The van der Waals surface area contributed by atoms with Crippen LogP contribution in [-0.4, -0.2) is 69.8 Å². The number of aliphatic hydroxyl groups is 2. The molecule has 2 aromatic rings. The Morgan fingerprint density at radius 2 is 2.23 bits per heavy atom. The number of hydrogen-bond donors (Lipinski definition) is 2. The van der Waals surface area contributed by atoms with Crippen LogP contribution in [0.3, 0.4) is 0 Å². The summed E-state index contributed by atoms with van der Waals surface area (Å²) in [4.78, 5) is 14.8. The number of imidazole rings is 1. The minimum atomic E-state index is -0.743. The van der Waals surface area contributed by atoms with Gasteiger partial charge in [0.25, 0.3) is 0 Å². The third kappa shape index (κ3) is 2.36. The zero-order valence-corrected chi connectivity index (χ0v) is 12.7. The molecule has 0 bridgehead atoms. The first-order valence-corrected chi connectivity index (χ1v) is 6.95.